The van der Waals surface area contributed by atoms with Gasteiger partial charge in [0.1, 0.15) is 32.4 Å². The zero-order valence-corrected chi connectivity index (χ0v) is 14.4. The Morgan fingerprint density at radius 2 is 1.77 bits per heavy atom. The summed E-state index contributed by atoms with van der Waals surface area (Å²) < 4.78 is 37.7. The molecule has 1 aliphatic heterocycles. The lowest BCUT2D eigenvalue weighted by Crippen LogP contribution is -3.12. The summed E-state index contributed by atoms with van der Waals surface area (Å²) in [7, 11) is 2.17. The lowest BCUT2D eigenvalue weighted by atomic mass is 10.1. The molecule has 0 unspecified atom stereocenters. The van der Waals surface area contributed by atoms with E-state index in [0.29, 0.717) is 5.69 Å². The van der Waals surface area contributed by atoms with Crippen LogP contribution in [0.3, 0.4) is 0 Å². The van der Waals surface area contributed by atoms with Gasteiger partial charge in [-0.1, -0.05) is 0 Å². The van der Waals surface area contributed by atoms with Crippen LogP contribution >= 0.6 is 0 Å². The first-order valence-electron chi connectivity index (χ1n) is 8.39. The number of pyridine rings is 1. The van der Waals surface area contributed by atoms with Crippen molar-refractivity contribution in [1.82, 2.24) is 0 Å². The van der Waals surface area contributed by atoms with Crippen LogP contribution in [0, 0.1) is 0 Å². The highest BCUT2D eigenvalue weighted by molar-refractivity contribution is 6.04. The van der Waals surface area contributed by atoms with Crippen LogP contribution in [-0.4, -0.2) is 39.1 Å². The van der Waals surface area contributed by atoms with Crippen molar-refractivity contribution in [3.8, 4) is 0 Å². The Labute approximate surface area is 149 Å². The number of aromatic nitrogens is 1. The molecule has 0 radical (unpaired) electrons. The van der Waals surface area contributed by atoms with E-state index in [2.05, 4.69) is 22.2 Å². The minimum absolute atomic E-state index is 0.170. The third-order valence-corrected chi connectivity index (χ3v) is 4.49. The van der Waals surface area contributed by atoms with E-state index in [-0.39, 0.29) is 5.56 Å². The van der Waals surface area contributed by atoms with E-state index in [0.717, 1.165) is 44.1 Å². The van der Waals surface area contributed by atoms with Crippen molar-refractivity contribution < 1.29 is 27.8 Å². The van der Waals surface area contributed by atoms with Crippen molar-refractivity contribution >= 4 is 17.4 Å². The molecule has 2 heterocycles. The summed E-state index contributed by atoms with van der Waals surface area (Å²) in [6, 6.07) is 7.81. The number of hydrogen-bond acceptors (Lipinski definition) is 2. The fourth-order valence-corrected chi connectivity index (χ4v) is 2.83. The predicted molar refractivity (Wildman–Crippen MR) is 91.2 cm³/mol. The molecule has 3 N–H and O–H groups in total. The van der Waals surface area contributed by atoms with Crippen molar-refractivity contribution in [2.24, 2.45) is 0 Å². The van der Waals surface area contributed by atoms with E-state index < -0.39 is 17.6 Å². The summed E-state index contributed by atoms with van der Waals surface area (Å²) in [6.07, 6.45) is -2.73. The molecule has 5 nitrogen and oxygen atoms in total. The number of amides is 1. The molecule has 1 fully saturated rings. The predicted octanol–water partition coefficient (Wildman–Crippen LogP) is 1.11. The lowest BCUT2D eigenvalue weighted by Gasteiger charge is -2.25. The van der Waals surface area contributed by atoms with Crippen molar-refractivity contribution in [3.63, 3.8) is 0 Å². The third kappa shape index (κ3) is 4.32. The smallest absolute Gasteiger partial charge is 0.331 e. The number of halogens is 3. The standard InChI is InChI=1S/C18H19F3N4O/c1-24-8-10-25(11-9-24)16-7-6-15(12-22-16)23-17(26)13-2-4-14(5-3-13)18(19,20)21/h2-7,12H,8-11H2,1H3,(H,23,26)/p+2. The second-order valence-corrected chi connectivity index (χ2v) is 6.44. The molecule has 1 aromatic heterocycles. The summed E-state index contributed by atoms with van der Waals surface area (Å²) in [5, 5.41) is 2.68. The Hall–Kier alpha value is -2.61. The molecule has 0 atom stereocenters. The first-order chi connectivity index (χ1) is 12.3. The second-order valence-electron chi connectivity index (χ2n) is 6.44. The number of alkyl halides is 3. The fourth-order valence-electron chi connectivity index (χ4n) is 2.83. The molecule has 1 aliphatic rings. The van der Waals surface area contributed by atoms with Gasteiger partial charge in [0.05, 0.1) is 18.3 Å². The highest BCUT2D eigenvalue weighted by Crippen LogP contribution is 2.29. The number of nitrogens with zero attached hydrogens (tertiary/aromatic N) is 1. The molecule has 0 spiro atoms. The summed E-state index contributed by atoms with van der Waals surface area (Å²) in [6.45, 7) is 4.06. The highest BCUT2D eigenvalue weighted by Gasteiger charge is 2.30. The van der Waals surface area contributed by atoms with Gasteiger partial charge in [-0.15, -0.1) is 0 Å². The van der Waals surface area contributed by atoms with E-state index in [9.17, 15) is 18.0 Å². The van der Waals surface area contributed by atoms with Crippen LogP contribution in [0.4, 0.5) is 24.7 Å². The van der Waals surface area contributed by atoms with E-state index >= 15 is 0 Å². The van der Waals surface area contributed by atoms with Crippen molar-refractivity contribution in [2.45, 2.75) is 6.18 Å². The van der Waals surface area contributed by atoms with Crippen LogP contribution in [0.2, 0.25) is 0 Å². The molecule has 1 saturated heterocycles. The maximum absolute atomic E-state index is 12.6. The number of nitrogens with one attached hydrogen (secondary N) is 3. The number of likely N-dealkylation sites (N-methyl/N-ethyl adjacent to an activating group) is 1. The monoisotopic (exact) mass is 366 g/mol. The van der Waals surface area contributed by atoms with Gasteiger partial charge in [0.25, 0.3) is 11.7 Å². The molecule has 1 amide bonds. The maximum atomic E-state index is 12.6. The van der Waals surface area contributed by atoms with Crippen molar-refractivity contribution in [1.29, 1.82) is 0 Å². The largest absolute Gasteiger partial charge is 0.416 e. The van der Waals surface area contributed by atoms with E-state index in [1.807, 2.05) is 6.07 Å². The Morgan fingerprint density at radius 1 is 1.12 bits per heavy atom. The number of carbonyl (C=O) groups excluding carboxylic acids is 1. The van der Waals surface area contributed by atoms with Crippen LogP contribution in [0.1, 0.15) is 15.9 Å². The van der Waals surface area contributed by atoms with Gasteiger partial charge in [-0.25, -0.2) is 4.98 Å². The van der Waals surface area contributed by atoms with Gasteiger partial charge in [-0.2, -0.15) is 13.2 Å². The Balaban J connectivity index is 1.62. The number of anilines is 2. The minimum atomic E-state index is -4.41. The van der Waals surface area contributed by atoms with Gasteiger partial charge in [-0.3, -0.25) is 9.69 Å². The topological polar surface area (TPSA) is 50.9 Å². The molecule has 0 aliphatic carbocycles. The molecule has 8 heteroatoms. The number of benzene rings is 1. The normalized spacial score (nSPS) is 15.8. The number of H-pyrrole nitrogens is 1. The fraction of sp³-hybridized carbons (Fsp3) is 0.333. The molecule has 0 bridgehead atoms. The van der Waals surface area contributed by atoms with Crippen LogP contribution in [0.25, 0.3) is 0 Å². The first-order valence-corrected chi connectivity index (χ1v) is 8.39. The molecular formula is C18H21F3N4O+2. The second kappa shape index (κ2) is 7.33. The van der Waals surface area contributed by atoms with Crippen LogP contribution in [0.15, 0.2) is 42.6 Å². The number of quaternary nitrogens is 1. The Bertz CT molecular complexity index is 752. The number of piperazine rings is 1. The third-order valence-electron chi connectivity index (χ3n) is 4.49. The average Bonchev–Trinajstić information content (AvgIpc) is 2.62. The molecule has 2 aromatic rings. The van der Waals surface area contributed by atoms with Crippen LogP contribution in [-0.2, 0) is 6.18 Å². The van der Waals surface area contributed by atoms with Crippen LogP contribution in [0.5, 0.6) is 0 Å². The lowest BCUT2D eigenvalue weighted by molar-refractivity contribution is -0.880. The minimum Gasteiger partial charge on any atom is -0.331 e. The highest BCUT2D eigenvalue weighted by atomic mass is 19.4. The summed E-state index contributed by atoms with van der Waals surface area (Å²) in [5.41, 5.74) is -0.0525. The molecule has 3 rings (SSSR count). The Kier molecular flexibility index (Phi) is 5.13. The SMILES string of the molecule is C[NH+]1CCN(c2ccc(NC(=O)c3ccc(C(F)(F)F)cc3)c[nH+]2)CC1. The summed E-state index contributed by atoms with van der Waals surface area (Å²) >= 11 is 0. The number of aromatic amines is 1. The van der Waals surface area contributed by atoms with Gasteiger partial charge in [0.2, 0.25) is 0 Å². The number of carbonyl (C=O) groups is 1. The quantitative estimate of drug-likeness (QED) is 0.855. The van der Waals surface area contributed by atoms with Gasteiger partial charge in [0, 0.05) is 11.6 Å². The maximum Gasteiger partial charge on any atom is 0.416 e. The van der Waals surface area contributed by atoms with Gasteiger partial charge in [-0.05, 0) is 30.3 Å². The van der Waals surface area contributed by atoms with Gasteiger partial charge >= 0.3 is 6.18 Å². The zero-order chi connectivity index (χ0) is 18.7. The van der Waals surface area contributed by atoms with Crippen molar-refractivity contribution in [2.75, 3.05) is 43.4 Å². The van der Waals surface area contributed by atoms with E-state index in [1.54, 1.807) is 12.3 Å². The van der Waals surface area contributed by atoms with E-state index in [4.69, 9.17) is 0 Å². The molecule has 26 heavy (non-hydrogen) atoms. The molecule has 0 saturated carbocycles. The summed E-state index contributed by atoms with van der Waals surface area (Å²) in [5.74, 6) is 0.521. The molecule has 1 aromatic carbocycles. The zero-order valence-electron chi connectivity index (χ0n) is 14.4. The number of hydrogen-bond donors (Lipinski definition) is 2. The van der Waals surface area contributed by atoms with Gasteiger partial charge < -0.3 is 10.2 Å². The summed E-state index contributed by atoms with van der Waals surface area (Å²) in [4.78, 5) is 19.1. The number of rotatable bonds is 3. The van der Waals surface area contributed by atoms with Crippen molar-refractivity contribution in [3.05, 3.63) is 53.7 Å². The first kappa shape index (κ1) is 18.2. The Morgan fingerprint density at radius 3 is 2.31 bits per heavy atom. The average molecular weight is 366 g/mol. The van der Waals surface area contributed by atoms with Gasteiger partial charge in [0.15, 0.2) is 0 Å². The molecule has 138 valence electrons. The van der Waals surface area contributed by atoms with Crippen LogP contribution < -0.4 is 20.1 Å². The molecular weight excluding hydrogens is 345 g/mol. The van der Waals surface area contributed by atoms with E-state index in [1.165, 1.54) is 17.0 Å².